The molecule has 3 rings (SSSR count). The molecule has 0 aliphatic carbocycles. The molecule has 0 amide bonds. The molecule has 0 unspecified atom stereocenters. The number of thiophene rings is 1. The van der Waals surface area contributed by atoms with Crippen LogP contribution in [-0.2, 0) is 0 Å². The van der Waals surface area contributed by atoms with Crippen molar-refractivity contribution in [1.29, 1.82) is 0 Å². The van der Waals surface area contributed by atoms with Crippen molar-refractivity contribution in [2.45, 2.75) is 0 Å². The van der Waals surface area contributed by atoms with Gasteiger partial charge in [0, 0.05) is 4.47 Å². The van der Waals surface area contributed by atoms with Gasteiger partial charge in [-0.15, -0.1) is 11.3 Å². The predicted molar refractivity (Wildman–Crippen MR) is 79.3 cm³/mol. The number of hydrogen-bond donors (Lipinski definition) is 0. The molecule has 0 radical (unpaired) electrons. The summed E-state index contributed by atoms with van der Waals surface area (Å²) in [6.07, 6.45) is 1.51. The highest BCUT2D eigenvalue weighted by Crippen LogP contribution is 2.34. The predicted octanol–water partition coefficient (Wildman–Crippen LogP) is 5.01. The second-order valence-electron chi connectivity index (χ2n) is 3.50. The zero-order valence-corrected chi connectivity index (χ0v) is 12.9. The lowest BCUT2D eigenvalue weighted by Crippen LogP contribution is -1.90. The van der Waals surface area contributed by atoms with Crippen LogP contribution in [0.5, 0.6) is 11.6 Å². The Morgan fingerprint density at radius 1 is 1.11 bits per heavy atom. The molecule has 0 aliphatic rings. The van der Waals surface area contributed by atoms with E-state index in [0.717, 1.165) is 24.9 Å². The van der Waals surface area contributed by atoms with Gasteiger partial charge in [0.15, 0.2) is 0 Å². The van der Waals surface area contributed by atoms with Gasteiger partial charge in [-0.25, -0.2) is 9.97 Å². The monoisotopic (exact) mass is 384 g/mol. The molecule has 1 aromatic carbocycles. The van der Waals surface area contributed by atoms with Crippen molar-refractivity contribution in [1.82, 2.24) is 9.97 Å². The molecule has 18 heavy (non-hydrogen) atoms. The molecule has 2 heterocycles. The first-order chi connectivity index (χ1) is 8.74. The third kappa shape index (κ3) is 2.28. The van der Waals surface area contributed by atoms with E-state index < -0.39 is 0 Å². The fourth-order valence-corrected chi connectivity index (χ4v) is 3.36. The highest BCUT2D eigenvalue weighted by atomic mass is 79.9. The van der Waals surface area contributed by atoms with Crippen LogP contribution in [0.2, 0.25) is 0 Å². The van der Waals surface area contributed by atoms with Gasteiger partial charge < -0.3 is 4.74 Å². The van der Waals surface area contributed by atoms with Gasteiger partial charge >= 0.3 is 0 Å². The molecule has 3 aromatic rings. The zero-order chi connectivity index (χ0) is 12.5. The van der Waals surface area contributed by atoms with Crippen LogP contribution in [0, 0.1) is 0 Å². The van der Waals surface area contributed by atoms with Crippen LogP contribution < -0.4 is 4.74 Å². The Labute approximate surface area is 124 Å². The van der Waals surface area contributed by atoms with Crippen LogP contribution in [0.25, 0.3) is 10.2 Å². The number of fused-ring (bicyclic) bond motifs is 1. The van der Waals surface area contributed by atoms with Crippen molar-refractivity contribution >= 4 is 53.4 Å². The van der Waals surface area contributed by atoms with Crippen molar-refractivity contribution in [3.05, 3.63) is 44.9 Å². The highest BCUT2D eigenvalue weighted by molar-refractivity contribution is 9.11. The third-order valence-corrected chi connectivity index (χ3v) is 4.26. The number of aromatic nitrogens is 2. The van der Waals surface area contributed by atoms with Gasteiger partial charge in [-0.2, -0.15) is 0 Å². The summed E-state index contributed by atoms with van der Waals surface area (Å²) >= 11 is 8.44. The summed E-state index contributed by atoms with van der Waals surface area (Å²) in [6, 6.07) is 7.70. The van der Waals surface area contributed by atoms with Crippen molar-refractivity contribution < 1.29 is 4.74 Å². The minimum atomic E-state index is 0.573. The van der Waals surface area contributed by atoms with Gasteiger partial charge in [-0.3, -0.25) is 0 Å². The molecule has 3 nitrogen and oxygen atoms in total. The molecule has 2 aromatic heterocycles. The molecule has 6 heteroatoms. The lowest BCUT2D eigenvalue weighted by atomic mass is 10.3. The largest absolute Gasteiger partial charge is 0.437 e. The van der Waals surface area contributed by atoms with Gasteiger partial charge in [0.2, 0.25) is 5.88 Å². The SMILES string of the molecule is Brc1ccc(Oc2ncnc3sccc23)c(Br)c1. The van der Waals surface area contributed by atoms with E-state index in [1.54, 1.807) is 11.3 Å². The summed E-state index contributed by atoms with van der Waals surface area (Å²) in [5.74, 6) is 1.30. The average molecular weight is 386 g/mol. The van der Waals surface area contributed by atoms with E-state index in [1.165, 1.54) is 6.33 Å². The molecule has 0 fully saturated rings. The number of nitrogens with zero attached hydrogens (tertiary/aromatic N) is 2. The minimum absolute atomic E-state index is 0.573. The smallest absolute Gasteiger partial charge is 0.231 e. The Bertz CT molecular complexity index is 714. The second-order valence-corrected chi connectivity index (χ2v) is 6.16. The molecule has 0 aliphatic heterocycles. The van der Waals surface area contributed by atoms with Gasteiger partial charge in [-0.05, 0) is 45.6 Å². The van der Waals surface area contributed by atoms with Crippen molar-refractivity contribution in [2.75, 3.05) is 0 Å². The molecule has 90 valence electrons. The Kier molecular flexibility index (Phi) is 3.32. The number of ether oxygens (including phenoxy) is 1. The molecule has 0 saturated carbocycles. The summed E-state index contributed by atoms with van der Waals surface area (Å²) in [4.78, 5) is 9.29. The van der Waals surface area contributed by atoms with E-state index in [4.69, 9.17) is 4.74 Å². The third-order valence-electron chi connectivity index (χ3n) is 2.33. The number of halogens is 2. The van der Waals surface area contributed by atoms with Crippen LogP contribution in [0.4, 0.5) is 0 Å². The fraction of sp³-hybridized carbons (Fsp3) is 0. The molecule has 0 spiro atoms. The second kappa shape index (κ2) is 4.95. The Hall–Kier alpha value is -0.980. The Morgan fingerprint density at radius 2 is 2.00 bits per heavy atom. The molecular weight excluding hydrogens is 380 g/mol. The number of benzene rings is 1. The average Bonchev–Trinajstić information content (AvgIpc) is 2.82. The highest BCUT2D eigenvalue weighted by Gasteiger charge is 2.09. The van der Waals surface area contributed by atoms with Crippen LogP contribution in [0.15, 0.2) is 44.9 Å². The Balaban J connectivity index is 2.03. The standard InChI is InChI=1S/C12H6Br2N2OS/c13-7-1-2-10(9(14)5-7)17-11-8-3-4-18-12(8)16-6-15-11/h1-6H. The maximum atomic E-state index is 5.82. The number of rotatable bonds is 2. The molecule has 0 N–H and O–H groups in total. The van der Waals surface area contributed by atoms with E-state index in [-0.39, 0.29) is 0 Å². The molecular formula is C12H6Br2N2OS. The molecule has 0 atom stereocenters. The van der Waals surface area contributed by atoms with Crippen LogP contribution >= 0.6 is 43.2 Å². The summed E-state index contributed by atoms with van der Waals surface area (Å²) in [5, 5.41) is 2.90. The zero-order valence-electron chi connectivity index (χ0n) is 8.93. The van der Waals surface area contributed by atoms with Gasteiger partial charge in [0.05, 0.1) is 9.86 Å². The quantitative estimate of drug-likeness (QED) is 0.621. The normalized spacial score (nSPS) is 10.8. The lowest BCUT2D eigenvalue weighted by molar-refractivity contribution is 0.465. The van der Waals surface area contributed by atoms with Gasteiger partial charge in [-0.1, -0.05) is 15.9 Å². The van der Waals surface area contributed by atoms with Crippen molar-refractivity contribution in [3.63, 3.8) is 0 Å². The summed E-state index contributed by atoms with van der Waals surface area (Å²) in [6.45, 7) is 0. The minimum Gasteiger partial charge on any atom is -0.437 e. The van der Waals surface area contributed by atoms with E-state index >= 15 is 0 Å². The first-order valence-corrected chi connectivity index (χ1v) is 7.52. The fourth-order valence-electron chi connectivity index (χ4n) is 1.51. The first-order valence-electron chi connectivity index (χ1n) is 5.05. The summed E-state index contributed by atoms with van der Waals surface area (Å²) < 4.78 is 7.69. The van der Waals surface area contributed by atoms with E-state index in [9.17, 15) is 0 Å². The number of hydrogen-bond acceptors (Lipinski definition) is 4. The maximum Gasteiger partial charge on any atom is 0.231 e. The Morgan fingerprint density at radius 3 is 2.83 bits per heavy atom. The van der Waals surface area contributed by atoms with Crippen molar-refractivity contribution in [2.24, 2.45) is 0 Å². The molecule has 0 saturated heterocycles. The summed E-state index contributed by atoms with van der Waals surface area (Å²) in [7, 11) is 0. The van der Waals surface area contributed by atoms with E-state index in [0.29, 0.717) is 5.88 Å². The summed E-state index contributed by atoms with van der Waals surface area (Å²) in [5.41, 5.74) is 0. The van der Waals surface area contributed by atoms with Gasteiger partial charge in [0.1, 0.15) is 16.9 Å². The lowest BCUT2D eigenvalue weighted by Gasteiger charge is -2.07. The first kappa shape index (κ1) is 12.1. The van der Waals surface area contributed by atoms with E-state index in [2.05, 4.69) is 41.8 Å². The van der Waals surface area contributed by atoms with Crippen molar-refractivity contribution in [3.8, 4) is 11.6 Å². The van der Waals surface area contributed by atoms with Crippen LogP contribution in [-0.4, -0.2) is 9.97 Å². The maximum absolute atomic E-state index is 5.82. The topological polar surface area (TPSA) is 35.0 Å². The van der Waals surface area contributed by atoms with Crippen LogP contribution in [0.3, 0.4) is 0 Å². The van der Waals surface area contributed by atoms with Crippen LogP contribution in [0.1, 0.15) is 0 Å². The molecule has 0 bridgehead atoms. The van der Waals surface area contributed by atoms with E-state index in [1.807, 2.05) is 29.6 Å². The van der Waals surface area contributed by atoms with Gasteiger partial charge in [0.25, 0.3) is 0 Å².